The summed E-state index contributed by atoms with van der Waals surface area (Å²) in [6.45, 7) is 0. The molecule has 98 valence electrons. The van der Waals surface area contributed by atoms with Gasteiger partial charge in [-0.05, 0) is 29.4 Å². The molecule has 0 aliphatic heterocycles. The smallest absolute Gasteiger partial charge is 0.321 e. The van der Waals surface area contributed by atoms with Gasteiger partial charge in [-0.25, -0.2) is 0 Å². The van der Waals surface area contributed by atoms with E-state index in [0.717, 1.165) is 11.8 Å². The first-order valence-electron chi connectivity index (χ1n) is 4.97. The van der Waals surface area contributed by atoms with Crippen LogP contribution in [0.2, 0.25) is 5.28 Å². The van der Waals surface area contributed by atoms with Gasteiger partial charge in [0.1, 0.15) is 0 Å². The summed E-state index contributed by atoms with van der Waals surface area (Å²) in [5.74, 6) is 0. The summed E-state index contributed by atoms with van der Waals surface area (Å²) in [4.78, 5) is 22.4. The van der Waals surface area contributed by atoms with Gasteiger partial charge in [-0.3, -0.25) is 10.1 Å². The van der Waals surface area contributed by atoms with Gasteiger partial charge in [0.05, 0.1) is 16.9 Å². The highest BCUT2D eigenvalue weighted by molar-refractivity contribution is 7.99. The van der Waals surface area contributed by atoms with E-state index in [2.05, 4.69) is 15.0 Å². The molecule has 1 aromatic heterocycles. The maximum Gasteiger partial charge on any atom is 0.321 e. The Kier molecular flexibility index (Phi) is 4.13. The fourth-order valence-corrected chi connectivity index (χ4v) is 2.29. The largest absolute Gasteiger partial charge is 0.467 e. The molecular weight excluding hydrogens is 292 g/mol. The number of nitro groups is 1. The molecule has 2 rings (SSSR count). The molecule has 9 heteroatoms. The van der Waals surface area contributed by atoms with Gasteiger partial charge in [-0.1, -0.05) is 12.1 Å². The fraction of sp³-hybridized carbons (Fsp3) is 0.100. The van der Waals surface area contributed by atoms with Gasteiger partial charge in [-0.2, -0.15) is 15.0 Å². The first-order chi connectivity index (χ1) is 9.10. The van der Waals surface area contributed by atoms with Gasteiger partial charge >= 0.3 is 6.01 Å². The molecule has 1 aromatic carbocycles. The van der Waals surface area contributed by atoms with E-state index < -0.39 is 4.92 Å². The molecular formula is C10H7ClN4O3S. The van der Waals surface area contributed by atoms with Gasteiger partial charge in [0.25, 0.3) is 5.69 Å². The number of nitro benzene ring substituents is 1. The maximum atomic E-state index is 10.9. The van der Waals surface area contributed by atoms with Crippen LogP contribution in [0.1, 0.15) is 0 Å². The molecule has 0 amide bonds. The van der Waals surface area contributed by atoms with Crippen LogP contribution in [0.25, 0.3) is 0 Å². The summed E-state index contributed by atoms with van der Waals surface area (Å²) >= 11 is 6.73. The van der Waals surface area contributed by atoms with Crippen LogP contribution in [-0.2, 0) is 0 Å². The summed E-state index contributed by atoms with van der Waals surface area (Å²) in [5.41, 5.74) is -0.0250. The van der Waals surface area contributed by atoms with Crippen LogP contribution in [0.3, 0.4) is 0 Å². The second kappa shape index (κ2) is 5.81. The molecule has 0 fully saturated rings. The van der Waals surface area contributed by atoms with Gasteiger partial charge in [0.15, 0.2) is 0 Å². The van der Waals surface area contributed by atoms with Crippen molar-refractivity contribution in [1.29, 1.82) is 0 Å². The summed E-state index contributed by atoms with van der Waals surface area (Å²) < 4.78 is 4.86. The lowest BCUT2D eigenvalue weighted by molar-refractivity contribution is -0.387. The monoisotopic (exact) mass is 298 g/mol. The zero-order chi connectivity index (χ0) is 13.8. The zero-order valence-corrected chi connectivity index (χ0v) is 11.2. The van der Waals surface area contributed by atoms with E-state index in [1.54, 1.807) is 18.2 Å². The predicted molar refractivity (Wildman–Crippen MR) is 68.6 cm³/mol. The van der Waals surface area contributed by atoms with Crippen LogP contribution in [0.4, 0.5) is 5.69 Å². The van der Waals surface area contributed by atoms with Crippen LogP contribution >= 0.6 is 23.4 Å². The van der Waals surface area contributed by atoms with Gasteiger partial charge in [-0.15, -0.1) is 0 Å². The summed E-state index contributed by atoms with van der Waals surface area (Å²) in [7, 11) is 1.39. The van der Waals surface area contributed by atoms with Crippen molar-refractivity contribution in [2.45, 2.75) is 10.1 Å². The van der Waals surface area contributed by atoms with Gasteiger partial charge in [0, 0.05) is 6.07 Å². The highest BCUT2D eigenvalue weighted by Crippen LogP contribution is 2.33. The molecule has 0 saturated heterocycles. The second-order valence-corrected chi connectivity index (χ2v) is 4.55. The number of aromatic nitrogens is 3. The van der Waals surface area contributed by atoms with Crippen LogP contribution < -0.4 is 4.74 Å². The molecule has 0 N–H and O–H groups in total. The third-order valence-corrected chi connectivity index (χ3v) is 3.11. The van der Waals surface area contributed by atoms with Crippen molar-refractivity contribution in [3.05, 3.63) is 39.7 Å². The normalized spacial score (nSPS) is 10.2. The molecule has 0 atom stereocenters. The van der Waals surface area contributed by atoms with Crippen molar-refractivity contribution in [1.82, 2.24) is 15.0 Å². The number of para-hydroxylation sites is 1. The van der Waals surface area contributed by atoms with Crippen LogP contribution in [0.5, 0.6) is 6.01 Å². The Bertz CT molecular complexity index is 625. The van der Waals surface area contributed by atoms with Crippen LogP contribution in [0.15, 0.2) is 34.3 Å². The first kappa shape index (κ1) is 13.5. The highest BCUT2D eigenvalue weighted by Gasteiger charge is 2.16. The standard InChI is InChI=1S/C10H7ClN4O3S/c1-18-9-12-8(11)13-10(14-9)19-7-5-3-2-4-6(7)15(16)17/h2-5H,1H3. The van der Waals surface area contributed by atoms with E-state index in [0.29, 0.717) is 4.90 Å². The van der Waals surface area contributed by atoms with Gasteiger partial charge < -0.3 is 4.74 Å². The van der Waals surface area contributed by atoms with E-state index in [1.807, 2.05) is 0 Å². The SMILES string of the molecule is COc1nc(Cl)nc(Sc2ccccc2[N+](=O)[O-])n1. The summed E-state index contributed by atoms with van der Waals surface area (Å²) in [5, 5.41) is 11.1. The van der Waals surface area contributed by atoms with Crippen molar-refractivity contribution in [2.24, 2.45) is 0 Å². The molecule has 0 unspecified atom stereocenters. The molecule has 0 spiro atoms. The Labute approximate surface area is 117 Å². The first-order valence-corrected chi connectivity index (χ1v) is 6.16. The van der Waals surface area contributed by atoms with Gasteiger partial charge in [0.2, 0.25) is 10.4 Å². The third-order valence-electron chi connectivity index (χ3n) is 2.01. The number of hydrogen-bond donors (Lipinski definition) is 0. The zero-order valence-electron chi connectivity index (χ0n) is 9.61. The quantitative estimate of drug-likeness (QED) is 0.632. The Morgan fingerprint density at radius 1 is 1.32 bits per heavy atom. The summed E-state index contributed by atoms with van der Waals surface area (Å²) in [6, 6.07) is 6.34. The van der Waals surface area contributed by atoms with E-state index in [1.165, 1.54) is 13.2 Å². The summed E-state index contributed by atoms with van der Waals surface area (Å²) in [6.07, 6.45) is 0. The molecule has 0 bridgehead atoms. The van der Waals surface area contributed by atoms with Crippen LogP contribution in [-0.4, -0.2) is 27.0 Å². The lowest BCUT2D eigenvalue weighted by atomic mass is 10.3. The minimum absolute atomic E-state index is 0.0250. The van der Waals surface area contributed by atoms with Crippen molar-refractivity contribution in [3.8, 4) is 6.01 Å². The molecule has 0 saturated carbocycles. The van der Waals surface area contributed by atoms with Crippen molar-refractivity contribution in [2.75, 3.05) is 7.11 Å². The molecule has 1 heterocycles. The molecule has 0 radical (unpaired) electrons. The highest BCUT2D eigenvalue weighted by atomic mass is 35.5. The number of rotatable bonds is 4. The number of methoxy groups -OCH3 is 1. The van der Waals surface area contributed by atoms with E-state index in [9.17, 15) is 10.1 Å². The number of nitrogens with zero attached hydrogens (tertiary/aromatic N) is 4. The molecule has 7 nitrogen and oxygen atoms in total. The van der Waals surface area contributed by atoms with Crippen molar-refractivity contribution < 1.29 is 9.66 Å². The third kappa shape index (κ3) is 3.30. The average molecular weight is 299 g/mol. The molecule has 0 aliphatic carbocycles. The fourth-order valence-electron chi connectivity index (χ4n) is 1.24. The minimum Gasteiger partial charge on any atom is -0.467 e. The van der Waals surface area contributed by atoms with E-state index in [4.69, 9.17) is 16.3 Å². The molecule has 19 heavy (non-hydrogen) atoms. The topological polar surface area (TPSA) is 91.0 Å². The number of ether oxygens (including phenoxy) is 1. The lowest BCUT2D eigenvalue weighted by Crippen LogP contribution is -1.97. The maximum absolute atomic E-state index is 10.9. The van der Waals surface area contributed by atoms with E-state index in [-0.39, 0.29) is 22.1 Å². The lowest BCUT2D eigenvalue weighted by Gasteiger charge is -2.03. The average Bonchev–Trinajstić information content (AvgIpc) is 2.38. The Morgan fingerprint density at radius 3 is 2.74 bits per heavy atom. The Morgan fingerprint density at radius 2 is 2.05 bits per heavy atom. The predicted octanol–water partition coefficient (Wildman–Crippen LogP) is 2.59. The second-order valence-electron chi connectivity index (χ2n) is 3.20. The number of hydrogen-bond acceptors (Lipinski definition) is 7. The number of benzene rings is 1. The molecule has 2 aromatic rings. The van der Waals surface area contributed by atoms with Crippen molar-refractivity contribution in [3.63, 3.8) is 0 Å². The van der Waals surface area contributed by atoms with E-state index >= 15 is 0 Å². The Balaban J connectivity index is 2.36. The van der Waals surface area contributed by atoms with Crippen molar-refractivity contribution >= 4 is 29.1 Å². The Hall–Kier alpha value is -1.93. The number of halogens is 1. The minimum atomic E-state index is -0.470. The molecule has 0 aliphatic rings. The van der Waals surface area contributed by atoms with Crippen LogP contribution in [0, 0.1) is 10.1 Å².